The molecule has 0 unspecified atom stereocenters. The van der Waals surface area contributed by atoms with Crippen molar-refractivity contribution in [2.24, 2.45) is 0 Å². The Hall–Kier alpha value is -0.500. The molecule has 1 N–H and O–H groups in total. The molecule has 82 valence electrons. The molecule has 0 saturated carbocycles. The summed E-state index contributed by atoms with van der Waals surface area (Å²) >= 11 is 11.4. The van der Waals surface area contributed by atoms with Crippen LogP contribution in [0.2, 0.25) is 5.02 Å². The zero-order valence-corrected chi connectivity index (χ0v) is 10.5. The average Bonchev–Trinajstić information content (AvgIpc) is 2.24. The highest BCUT2D eigenvalue weighted by atomic mass is 35.5. The Morgan fingerprint density at radius 1 is 1.47 bits per heavy atom. The fraction of sp³-hybridized carbons (Fsp3) is 0.333. The zero-order valence-electron chi connectivity index (χ0n) is 8.98. The lowest BCUT2D eigenvalue weighted by Crippen LogP contribution is -2.02. The van der Waals surface area contributed by atoms with Crippen LogP contribution in [0.4, 0.5) is 0 Å². The maximum absolute atomic E-state index is 5.98. The summed E-state index contributed by atoms with van der Waals surface area (Å²) in [5.74, 6) is 0. The van der Waals surface area contributed by atoms with Gasteiger partial charge in [0.15, 0.2) is 0 Å². The molecular formula is C12H15Cl2N. The van der Waals surface area contributed by atoms with Gasteiger partial charge in [-0.2, -0.15) is 0 Å². The van der Waals surface area contributed by atoms with Crippen LogP contribution in [-0.4, -0.2) is 6.54 Å². The molecule has 0 radical (unpaired) electrons. The predicted molar refractivity (Wildman–Crippen MR) is 68.3 cm³/mol. The molecule has 0 amide bonds. The highest BCUT2D eigenvalue weighted by Crippen LogP contribution is 2.24. The standard InChI is InChI=1S/C12H15Cl2N/c1-3-10(6-7-15-14)12-8-11(13)5-4-9(12)2/h3-5,8,15H,6-7H2,1-2H3/b10-3-. The van der Waals surface area contributed by atoms with Gasteiger partial charge in [-0.1, -0.05) is 23.7 Å². The van der Waals surface area contributed by atoms with Crippen LogP contribution in [0.3, 0.4) is 0 Å². The van der Waals surface area contributed by atoms with Crippen LogP contribution in [0, 0.1) is 6.92 Å². The number of benzene rings is 1. The monoisotopic (exact) mass is 243 g/mol. The number of allylic oxidation sites excluding steroid dienone is 1. The molecule has 0 aromatic heterocycles. The first-order valence-electron chi connectivity index (χ1n) is 4.94. The van der Waals surface area contributed by atoms with E-state index in [0.717, 1.165) is 18.0 Å². The molecule has 0 heterocycles. The Labute approximate surface area is 101 Å². The molecule has 1 nitrogen and oxygen atoms in total. The van der Waals surface area contributed by atoms with Crippen molar-refractivity contribution >= 4 is 29.0 Å². The Morgan fingerprint density at radius 3 is 2.80 bits per heavy atom. The van der Waals surface area contributed by atoms with E-state index in [9.17, 15) is 0 Å². The number of hydrogen-bond donors (Lipinski definition) is 1. The van der Waals surface area contributed by atoms with Gasteiger partial charge in [-0.3, -0.25) is 0 Å². The maximum atomic E-state index is 5.98. The van der Waals surface area contributed by atoms with Gasteiger partial charge in [-0.25, -0.2) is 4.84 Å². The van der Waals surface area contributed by atoms with Crippen molar-refractivity contribution in [1.29, 1.82) is 0 Å². The number of nitrogens with one attached hydrogen (secondary N) is 1. The summed E-state index contributed by atoms with van der Waals surface area (Å²) in [5.41, 5.74) is 3.71. The van der Waals surface area contributed by atoms with Crippen LogP contribution < -0.4 is 4.84 Å². The van der Waals surface area contributed by atoms with Crippen LogP contribution in [0.5, 0.6) is 0 Å². The lowest BCUT2D eigenvalue weighted by atomic mass is 9.98. The summed E-state index contributed by atoms with van der Waals surface area (Å²) in [4.78, 5) is 2.63. The van der Waals surface area contributed by atoms with Crippen LogP contribution in [-0.2, 0) is 0 Å². The third kappa shape index (κ3) is 3.53. The van der Waals surface area contributed by atoms with Crippen molar-refractivity contribution in [2.45, 2.75) is 20.3 Å². The largest absolute Gasteiger partial charge is 0.233 e. The first-order valence-corrected chi connectivity index (χ1v) is 5.70. The van der Waals surface area contributed by atoms with Gasteiger partial charge in [0.05, 0.1) is 0 Å². The van der Waals surface area contributed by atoms with Crippen LogP contribution in [0.15, 0.2) is 24.3 Å². The molecule has 0 spiro atoms. The second kappa shape index (κ2) is 6.16. The van der Waals surface area contributed by atoms with Gasteiger partial charge in [0.2, 0.25) is 0 Å². The molecule has 15 heavy (non-hydrogen) atoms. The van der Waals surface area contributed by atoms with E-state index in [1.807, 2.05) is 25.1 Å². The van der Waals surface area contributed by atoms with Gasteiger partial charge >= 0.3 is 0 Å². The summed E-state index contributed by atoms with van der Waals surface area (Å²) < 4.78 is 0. The van der Waals surface area contributed by atoms with E-state index < -0.39 is 0 Å². The van der Waals surface area contributed by atoms with Gasteiger partial charge in [-0.05, 0) is 60.9 Å². The summed E-state index contributed by atoms with van der Waals surface area (Å²) in [6.45, 7) is 4.88. The summed E-state index contributed by atoms with van der Waals surface area (Å²) in [6.07, 6.45) is 3.01. The Bertz CT molecular complexity index is 359. The van der Waals surface area contributed by atoms with Gasteiger partial charge in [0.25, 0.3) is 0 Å². The van der Waals surface area contributed by atoms with Crippen molar-refractivity contribution in [2.75, 3.05) is 6.54 Å². The van der Waals surface area contributed by atoms with Gasteiger partial charge in [0.1, 0.15) is 0 Å². The minimum absolute atomic E-state index is 0.757. The molecule has 1 aromatic rings. The van der Waals surface area contributed by atoms with E-state index in [1.165, 1.54) is 16.7 Å². The molecule has 0 aliphatic rings. The second-order valence-corrected chi connectivity index (χ2v) is 4.11. The quantitative estimate of drug-likeness (QED) is 0.783. The number of aryl methyl sites for hydroxylation is 1. The van der Waals surface area contributed by atoms with E-state index in [2.05, 4.69) is 17.8 Å². The first kappa shape index (κ1) is 12.6. The minimum atomic E-state index is 0.757. The second-order valence-electron chi connectivity index (χ2n) is 3.41. The van der Waals surface area contributed by atoms with Crippen LogP contribution in [0.1, 0.15) is 24.5 Å². The molecule has 3 heteroatoms. The van der Waals surface area contributed by atoms with Crippen molar-refractivity contribution in [3.8, 4) is 0 Å². The van der Waals surface area contributed by atoms with Crippen LogP contribution in [0.25, 0.3) is 5.57 Å². The maximum Gasteiger partial charge on any atom is 0.0412 e. The fourth-order valence-corrected chi connectivity index (χ4v) is 1.82. The van der Waals surface area contributed by atoms with Gasteiger partial charge in [0, 0.05) is 11.6 Å². The van der Waals surface area contributed by atoms with E-state index in [-0.39, 0.29) is 0 Å². The van der Waals surface area contributed by atoms with Crippen molar-refractivity contribution in [1.82, 2.24) is 4.84 Å². The zero-order chi connectivity index (χ0) is 11.3. The van der Waals surface area contributed by atoms with Crippen molar-refractivity contribution < 1.29 is 0 Å². The molecule has 0 aliphatic heterocycles. The Kier molecular flexibility index (Phi) is 5.16. The third-order valence-electron chi connectivity index (χ3n) is 2.38. The molecule has 0 fully saturated rings. The van der Waals surface area contributed by atoms with Crippen molar-refractivity contribution in [3.63, 3.8) is 0 Å². The topological polar surface area (TPSA) is 12.0 Å². The van der Waals surface area contributed by atoms with Crippen molar-refractivity contribution in [3.05, 3.63) is 40.4 Å². The minimum Gasteiger partial charge on any atom is -0.233 e. The van der Waals surface area contributed by atoms with Crippen LogP contribution >= 0.6 is 23.4 Å². The summed E-state index contributed by atoms with van der Waals surface area (Å²) in [6, 6.07) is 5.95. The number of halogens is 2. The lowest BCUT2D eigenvalue weighted by Gasteiger charge is -2.10. The van der Waals surface area contributed by atoms with E-state index in [1.54, 1.807) is 0 Å². The van der Waals surface area contributed by atoms with Gasteiger partial charge < -0.3 is 0 Å². The Morgan fingerprint density at radius 2 is 2.20 bits per heavy atom. The third-order valence-corrected chi connectivity index (χ3v) is 2.81. The molecule has 0 aliphatic carbocycles. The first-order chi connectivity index (χ1) is 7.19. The fourth-order valence-electron chi connectivity index (χ4n) is 1.56. The molecule has 0 atom stereocenters. The molecule has 1 rings (SSSR count). The molecule has 0 bridgehead atoms. The smallest absolute Gasteiger partial charge is 0.0412 e. The summed E-state index contributed by atoms with van der Waals surface area (Å²) in [7, 11) is 0. The highest BCUT2D eigenvalue weighted by Gasteiger charge is 2.04. The molecular weight excluding hydrogens is 229 g/mol. The highest BCUT2D eigenvalue weighted by molar-refractivity contribution is 6.30. The van der Waals surface area contributed by atoms with E-state index in [0.29, 0.717) is 0 Å². The molecule has 1 aromatic carbocycles. The summed E-state index contributed by atoms with van der Waals surface area (Å²) in [5, 5.41) is 0.772. The van der Waals surface area contributed by atoms with E-state index in [4.69, 9.17) is 23.4 Å². The number of hydrogen-bond acceptors (Lipinski definition) is 1. The Balaban J connectivity index is 2.96. The van der Waals surface area contributed by atoms with E-state index >= 15 is 0 Å². The predicted octanol–water partition coefficient (Wildman–Crippen LogP) is 4.19. The normalized spacial score (nSPS) is 11.9. The average molecular weight is 244 g/mol. The SMILES string of the molecule is C/C=C(/CCNCl)c1cc(Cl)ccc1C. The molecule has 0 saturated heterocycles. The lowest BCUT2D eigenvalue weighted by molar-refractivity contribution is 0.937. The number of rotatable bonds is 4. The van der Waals surface area contributed by atoms with Gasteiger partial charge in [-0.15, -0.1) is 0 Å².